The summed E-state index contributed by atoms with van der Waals surface area (Å²) >= 11 is 1.88. The van der Waals surface area contributed by atoms with E-state index in [0.29, 0.717) is 11.4 Å². The molecule has 0 aliphatic carbocycles. The summed E-state index contributed by atoms with van der Waals surface area (Å²) in [6, 6.07) is 4.97. The highest BCUT2D eigenvalue weighted by Gasteiger charge is 2.10. The molecule has 0 aliphatic heterocycles. The van der Waals surface area contributed by atoms with Crippen LogP contribution in [-0.2, 0) is 0 Å². The molecular formula is C15H23NO3S. The van der Waals surface area contributed by atoms with Crippen molar-refractivity contribution >= 4 is 23.4 Å². The first-order chi connectivity index (χ1) is 9.69. The monoisotopic (exact) mass is 297 g/mol. The minimum atomic E-state index is -0.921. The van der Waals surface area contributed by atoms with E-state index in [9.17, 15) is 4.79 Å². The maximum absolute atomic E-state index is 11.1. The van der Waals surface area contributed by atoms with Crippen molar-refractivity contribution in [3.8, 4) is 5.75 Å². The average molecular weight is 297 g/mol. The molecule has 0 saturated carbocycles. The van der Waals surface area contributed by atoms with E-state index >= 15 is 0 Å². The van der Waals surface area contributed by atoms with Gasteiger partial charge in [-0.1, -0.05) is 12.8 Å². The van der Waals surface area contributed by atoms with E-state index in [-0.39, 0.29) is 5.56 Å². The Kier molecular flexibility index (Phi) is 7.95. The van der Waals surface area contributed by atoms with Crippen molar-refractivity contribution in [1.82, 2.24) is 0 Å². The number of ether oxygens (including phenoxy) is 1. The van der Waals surface area contributed by atoms with Crippen LogP contribution in [0, 0.1) is 0 Å². The summed E-state index contributed by atoms with van der Waals surface area (Å²) < 4.78 is 5.13. The van der Waals surface area contributed by atoms with Crippen LogP contribution < -0.4 is 10.1 Å². The maximum atomic E-state index is 11.1. The molecule has 0 atom stereocenters. The van der Waals surface area contributed by atoms with Crippen molar-refractivity contribution in [2.75, 3.05) is 31.0 Å². The fourth-order valence-electron chi connectivity index (χ4n) is 1.93. The zero-order chi connectivity index (χ0) is 14.8. The standard InChI is InChI=1S/C15H23NO3S/c1-19-12-7-8-13(15(17)18)14(11-12)16-9-5-3-4-6-10-20-2/h7-8,11,16H,3-6,9-10H2,1-2H3,(H,17,18). The van der Waals surface area contributed by atoms with E-state index < -0.39 is 5.97 Å². The Labute approximate surface area is 124 Å². The summed E-state index contributed by atoms with van der Waals surface area (Å²) in [4.78, 5) is 11.1. The molecule has 0 amide bonds. The van der Waals surface area contributed by atoms with Gasteiger partial charge in [0, 0.05) is 12.6 Å². The second-order valence-electron chi connectivity index (χ2n) is 4.55. The minimum Gasteiger partial charge on any atom is -0.497 e. The van der Waals surface area contributed by atoms with Crippen molar-refractivity contribution in [3.63, 3.8) is 0 Å². The molecule has 0 saturated heterocycles. The number of hydrogen-bond donors (Lipinski definition) is 2. The molecule has 0 aliphatic rings. The van der Waals surface area contributed by atoms with Crippen LogP contribution in [0.1, 0.15) is 36.0 Å². The second kappa shape index (κ2) is 9.53. The minimum absolute atomic E-state index is 0.285. The molecule has 0 fully saturated rings. The van der Waals surface area contributed by atoms with E-state index in [0.717, 1.165) is 13.0 Å². The molecular weight excluding hydrogens is 274 g/mol. The smallest absolute Gasteiger partial charge is 0.337 e. The van der Waals surface area contributed by atoms with Crippen LogP contribution in [0.4, 0.5) is 5.69 Å². The number of carbonyl (C=O) groups is 1. The van der Waals surface area contributed by atoms with Crippen LogP contribution in [0.3, 0.4) is 0 Å². The van der Waals surface area contributed by atoms with Crippen molar-refractivity contribution in [1.29, 1.82) is 0 Å². The molecule has 4 nitrogen and oxygen atoms in total. The first-order valence-corrected chi connectivity index (χ1v) is 8.22. The molecule has 0 bridgehead atoms. The lowest BCUT2D eigenvalue weighted by Gasteiger charge is -2.11. The zero-order valence-electron chi connectivity index (χ0n) is 12.1. The summed E-state index contributed by atoms with van der Waals surface area (Å²) in [6.07, 6.45) is 6.81. The number of nitrogens with one attached hydrogen (secondary N) is 1. The summed E-state index contributed by atoms with van der Waals surface area (Å²) in [5.41, 5.74) is 0.911. The number of methoxy groups -OCH3 is 1. The van der Waals surface area contributed by atoms with Gasteiger partial charge in [0.05, 0.1) is 18.4 Å². The van der Waals surface area contributed by atoms with E-state index in [2.05, 4.69) is 11.6 Å². The van der Waals surface area contributed by atoms with E-state index in [4.69, 9.17) is 9.84 Å². The largest absolute Gasteiger partial charge is 0.497 e. The molecule has 1 aromatic carbocycles. The highest BCUT2D eigenvalue weighted by atomic mass is 32.2. The molecule has 0 spiro atoms. The summed E-state index contributed by atoms with van der Waals surface area (Å²) in [5.74, 6) is 0.958. The quantitative estimate of drug-likeness (QED) is 0.644. The molecule has 0 aromatic heterocycles. The lowest BCUT2D eigenvalue weighted by Crippen LogP contribution is -2.08. The molecule has 1 rings (SSSR count). The summed E-state index contributed by atoms with van der Waals surface area (Å²) in [5, 5.41) is 12.3. The van der Waals surface area contributed by atoms with Gasteiger partial charge in [0.2, 0.25) is 0 Å². The highest BCUT2D eigenvalue weighted by molar-refractivity contribution is 7.98. The van der Waals surface area contributed by atoms with Crippen molar-refractivity contribution in [2.24, 2.45) is 0 Å². The van der Waals surface area contributed by atoms with Crippen LogP contribution >= 0.6 is 11.8 Å². The normalized spacial score (nSPS) is 10.3. The third-order valence-electron chi connectivity index (χ3n) is 3.05. The van der Waals surface area contributed by atoms with Gasteiger partial charge in [-0.3, -0.25) is 0 Å². The van der Waals surface area contributed by atoms with Crippen LogP contribution in [-0.4, -0.2) is 36.7 Å². The Morgan fingerprint density at radius 3 is 2.70 bits per heavy atom. The number of hydrogen-bond acceptors (Lipinski definition) is 4. The van der Waals surface area contributed by atoms with Gasteiger partial charge in [-0.2, -0.15) is 11.8 Å². The van der Waals surface area contributed by atoms with Crippen molar-refractivity contribution in [2.45, 2.75) is 25.7 Å². The number of rotatable bonds is 10. The molecule has 0 radical (unpaired) electrons. The number of benzene rings is 1. The van der Waals surface area contributed by atoms with Gasteiger partial charge < -0.3 is 15.2 Å². The van der Waals surface area contributed by atoms with E-state index in [1.165, 1.54) is 25.0 Å². The Balaban J connectivity index is 2.43. The first-order valence-electron chi connectivity index (χ1n) is 6.83. The fourth-order valence-corrected chi connectivity index (χ4v) is 2.42. The van der Waals surface area contributed by atoms with Crippen molar-refractivity contribution < 1.29 is 14.6 Å². The second-order valence-corrected chi connectivity index (χ2v) is 5.54. The van der Waals surface area contributed by atoms with Crippen LogP contribution in [0.25, 0.3) is 0 Å². The molecule has 2 N–H and O–H groups in total. The fraction of sp³-hybridized carbons (Fsp3) is 0.533. The maximum Gasteiger partial charge on any atom is 0.337 e. The number of unbranched alkanes of at least 4 members (excludes halogenated alkanes) is 3. The Bertz CT molecular complexity index is 424. The first kappa shape index (κ1) is 16.7. The van der Waals surface area contributed by atoms with Crippen LogP contribution in [0.15, 0.2) is 18.2 Å². The molecule has 112 valence electrons. The molecule has 0 unspecified atom stereocenters. The molecule has 20 heavy (non-hydrogen) atoms. The number of thioether (sulfide) groups is 1. The number of aromatic carboxylic acids is 1. The SMILES string of the molecule is COc1ccc(C(=O)O)c(NCCCCCCSC)c1. The number of carboxylic acids is 1. The van der Waals surface area contributed by atoms with Gasteiger partial charge in [-0.15, -0.1) is 0 Å². The van der Waals surface area contributed by atoms with Gasteiger partial charge in [0.15, 0.2) is 0 Å². The average Bonchev–Trinajstić information content (AvgIpc) is 2.45. The lowest BCUT2D eigenvalue weighted by atomic mass is 10.1. The van der Waals surface area contributed by atoms with Gasteiger partial charge in [0.25, 0.3) is 0 Å². The van der Waals surface area contributed by atoms with Crippen LogP contribution in [0.5, 0.6) is 5.75 Å². The zero-order valence-corrected chi connectivity index (χ0v) is 13.0. The third-order valence-corrected chi connectivity index (χ3v) is 3.74. The van der Waals surface area contributed by atoms with Gasteiger partial charge in [0.1, 0.15) is 5.75 Å². The Morgan fingerprint density at radius 1 is 1.30 bits per heavy atom. The topological polar surface area (TPSA) is 58.6 Å². The molecule has 0 heterocycles. The third kappa shape index (κ3) is 5.74. The Hall–Kier alpha value is -1.36. The predicted octanol–water partition coefficient (Wildman–Crippen LogP) is 3.73. The lowest BCUT2D eigenvalue weighted by molar-refractivity contribution is 0.0698. The highest BCUT2D eigenvalue weighted by Crippen LogP contribution is 2.22. The number of carboxylic acid groups (broad SMARTS) is 1. The van der Waals surface area contributed by atoms with E-state index in [1.54, 1.807) is 25.3 Å². The van der Waals surface area contributed by atoms with Crippen LogP contribution in [0.2, 0.25) is 0 Å². The van der Waals surface area contributed by atoms with Gasteiger partial charge in [-0.25, -0.2) is 4.79 Å². The van der Waals surface area contributed by atoms with Gasteiger partial charge in [-0.05, 0) is 37.0 Å². The molecule has 5 heteroatoms. The van der Waals surface area contributed by atoms with E-state index in [1.807, 2.05) is 11.8 Å². The van der Waals surface area contributed by atoms with Gasteiger partial charge >= 0.3 is 5.97 Å². The summed E-state index contributed by atoms with van der Waals surface area (Å²) in [6.45, 7) is 0.784. The summed E-state index contributed by atoms with van der Waals surface area (Å²) in [7, 11) is 1.57. The van der Waals surface area contributed by atoms with Crippen molar-refractivity contribution in [3.05, 3.63) is 23.8 Å². The number of anilines is 1. The predicted molar refractivity (Wildman–Crippen MR) is 85.3 cm³/mol. The Morgan fingerprint density at radius 2 is 2.05 bits per heavy atom. The molecule has 1 aromatic rings.